The molecule has 126 valence electrons. The average Bonchev–Trinajstić information content (AvgIpc) is 2.65. The van der Waals surface area contributed by atoms with Gasteiger partial charge in [0.15, 0.2) is 0 Å². The Morgan fingerprint density at radius 3 is 1.96 bits per heavy atom. The van der Waals surface area contributed by atoms with E-state index in [2.05, 4.69) is 0 Å². The van der Waals surface area contributed by atoms with E-state index in [4.69, 9.17) is 4.74 Å². The normalized spacial score (nSPS) is 10.6. The molecule has 24 heavy (non-hydrogen) atoms. The van der Waals surface area contributed by atoms with Crippen LogP contribution in [0.2, 0.25) is 0 Å². The van der Waals surface area contributed by atoms with Crippen LogP contribution in [0, 0.1) is 5.92 Å². The van der Waals surface area contributed by atoms with Gasteiger partial charge in [-0.1, -0.05) is 56.3 Å². The van der Waals surface area contributed by atoms with Crippen molar-refractivity contribution in [3.05, 3.63) is 65.7 Å². The van der Waals surface area contributed by atoms with Gasteiger partial charge < -0.3 is 4.74 Å². The summed E-state index contributed by atoms with van der Waals surface area (Å²) in [5.41, 5.74) is 2.10. The SMILES string of the molecule is CCC(=O)C(Cc1ccc(OCc2ccccc2)cc1)C(=O)CC. The molecule has 0 saturated heterocycles. The van der Waals surface area contributed by atoms with Crippen molar-refractivity contribution < 1.29 is 14.3 Å². The number of carbonyl (C=O) groups excluding carboxylic acids is 2. The zero-order valence-electron chi connectivity index (χ0n) is 14.3. The second-order valence-electron chi connectivity index (χ2n) is 5.81. The molecule has 0 fully saturated rings. The van der Waals surface area contributed by atoms with E-state index < -0.39 is 5.92 Å². The maximum atomic E-state index is 12.0. The monoisotopic (exact) mass is 324 g/mol. The predicted octanol–water partition coefficient (Wildman–Crippen LogP) is 4.38. The molecular formula is C21H24O3. The topological polar surface area (TPSA) is 43.4 Å². The molecule has 3 nitrogen and oxygen atoms in total. The molecule has 0 unspecified atom stereocenters. The molecule has 0 radical (unpaired) electrons. The highest BCUT2D eigenvalue weighted by Gasteiger charge is 2.23. The largest absolute Gasteiger partial charge is 0.489 e. The average molecular weight is 324 g/mol. The Morgan fingerprint density at radius 2 is 1.42 bits per heavy atom. The van der Waals surface area contributed by atoms with Crippen LogP contribution in [0.5, 0.6) is 5.75 Å². The fraction of sp³-hybridized carbons (Fsp3) is 0.333. The second kappa shape index (κ2) is 9.02. The summed E-state index contributed by atoms with van der Waals surface area (Å²) in [6, 6.07) is 17.6. The Bertz CT molecular complexity index is 643. The standard InChI is InChI=1S/C21H24O3/c1-3-20(22)19(21(23)4-2)14-16-10-12-18(13-11-16)24-15-17-8-6-5-7-9-17/h5-13,19H,3-4,14-15H2,1-2H3. The molecule has 0 aliphatic carbocycles. The molecule has 0 amide bonds. The molecule has 2 aromatic carbocycles. The first kappa shape index (κ1) is 17.9. The van der Waals surface area contributed by atoms with Crippen molar-refractivity contribution in [2.75, 3.05) is 0 Å². The van der Waals surface area contributed by atoms with Crippen LogP contribution in [-0.2, 0) is 22.6 Å². The third-order valence-electron chi connectivity index (χ3n) is 4.09. The molecule has 0 N–H and O–H groups in total. The van der Waals surface area contributed by atoms with E-state index in [0.717, 1.165) is 16.9 Å². The first-order valence-corrected chi connectivity index (χ1v) is 8.45. The minimum atomic E-state index is -0.518. The summed E-state index contributed by atoms with van der Waals surface area (Å²) in [6.45, 7) is 4.13. The summed E-state index contributed by atoms with van der Waals surface area (Å²) < 4.78 is 5.76. The number of carbonyl (C=O) groups is 2. The fourth-order valence-electron chi connectivity index (χ4n) is 2.60. The maximum Gasteiger partial charge on any atom is 0.143 e. The number of ether oxygens (including phenoxy) is 1. The van der Waals surface area contributed by atoms with E-state index in [9.17, 15) is 9.59 Å². The van der Waals surface area contributed by atoms with E-state index in [1.165, 1.54) is 0 Å². The fourth-order valence-corrected chi connectivity index (χ4v) is 2.60. The highest BCUT2D eigenvalue weighted by molar-refractivity contribution is 6.02. The molecule has 0 heterocycles. The lowest BCUT2D eigenvalue weighted by Gasteiger charge is -2.13. The van der Waals surface area contributed by atoms with Crippen molar-refractivity contribution in [2.24, 2.45) is 5.92 Å². The van der Waals surface area contributed by atoms with E-state index in [-0.39, 0.29) is 11.6 Å². The van der Waals surface area contributed by atoms with Gasteiger partial charge in [-0.2, -0.15) is 0 Å². The number of rotatable bonds is 9. The quantitative estimate of drug-likeness (QED) is 0.643. The van der Waals surface area contributed by atoms with Gasteiger partial charge in [-0.05, 0) is 29.7 Å². The van der Waals surface area contributed by atoms with Gasteiger partial charge in [0, 0.05) is 12.8 Å². The maximum absolute atomic E-state index is 12.0. The van der Waals surface area contributed by atoms with E-state index in [1.54, 1.807) is 13.8 Å². The number of hydrogen-bond donors (Lipinski definition) is 0. The van der Waals surface area contributed by atoms with E-state index >= 15 is 0 Å². The molecule has 0 aromatic heterocycles. The molecular weight excluding hydrogens is 300 g/mol. The van der Waals surface area contributed by atoms with Crippen LogP contribution >= 0.6 is 0 Å². The lowest BCUT2D eigenvalue weighted by atomic mass is 9.89. The molecule has 0 aliphatic heterocycles. The number of ketones is 2. The summed E-state index contributed by atoms with van der Waals surface area (Å²) in [5, 5.41) is 0. The molecule has 0 spiro atoms. The molecule has 2 rings (SSSR count). The summed E-state index contributed by atoms with van der Waals surface area (Å²) in [5.74, 6) is 0.302. The van der Waals surface area contributed by atoms with Crippen LogP contribution in [0.15, 0.2) is 54.6 Å². The van der Waals surface area contributed by atoms with Gasteiger partial charge in [0.1, 0.15) is 23.9 Å². The molecule has 2 aromatic rings. The Hall–Kier alpha value is -2.42. The lowest BCUT2D eigenvalue weighted by Crippen LogP contribution is -2.25. The van der Waals surface area contributed by atoms with Crippen LogP contribution in [0.25, 0.3) is 0 Å². The van der Waals surface area contributed by atoms with Crippen LogP contribution in [-0.4, -0.2) is 11.6 Å². The molecule has 0 bridgehead atoms. The molecule has 3 heteroatoms. The van der Waals surface area contributed by atoms with Crippen molar-refractivity contribution in [1.29, 1.82) is 0 Å². The van der Waals surface area contributed by atoms with Crippen LogP contribution in [0.4, 0.5) is 0 Å². The zero-order valence-corrected chi connectivity index (χ0v) is 14.3. The molecule has 0 atom stereocenters. The first-order chi connectivity index (χ1) is 11.6. The van der Waals surface area contributed by atoms with Gasteiger partial charge in [-0.25, -0.2) is 0 Å². The van der Waals surface area contributed by atoms with Crippen molar-refractivity contribution in [2.45, 2.75) is 39.7 Å². The zero-order chi connectivity index (χ0) is 17.4. The summed E-state index contributed by atoms with van der Waals surface area (Å²) in [4.78, 5) is 24.0. The number of benzene rings is 2. The summed E-state index contributed by atoms with van der Waals surface area (Å²) in [6.07, 6.45) is 1.27. The minimum absolute atomic E-state index is 0.0197. The van der Waals surface area contributed by atoms with Gasteiger partial charge in [0.05, 0.1) is 5.92 Å². The highest BCUT2D eigenvalue weighted by Crippen LogP contribution is 2.19. The Morgan fingerprint density at radius 1 is 0.833 bits per heavy atom. The van der Waals surface area contributed by atoms with Crippen LogP contribution in [0.1, 0.15) is 37.8 Å². The Kier molecular flexibility index (Phi) is 6.74. The summed E-state index contributed by atoms with van der Waals surface area (Å²) in [7, 11) is 0. The predicted molar refractivity (Wildman–Crippen MR) is 95.0 cm³/mol. The van der Waals surface area contributed by atoms with Crippen molar-refractivity contribution in [3.63, 3.8) is 0 Å². The van der Waals surface area contributed by atoms with Gasteiger partial charge in [-0.3, -0.25) is 9.59 Å². The lowest BCUT2D eigenvalue weighted by molar-refractivity contribution is -0.132. The minimum Gasteiger partial charge on any atom is -0.489 e. The van der Waals surface area contributed by atoms with Gasteiger partial charge in [0.2, 0.25) is 0 Å². The Labute approximate surface area is 143 Å². The third kappa shape index (κ3) is 5.05. The van der Waals surface area contributed by atoms with Crippen molar-refractivity contribution in [1.82, 2.24) is 0 Å². The Balaban J connectivity index is 1.97. The van der Waals surface area contributed by atoms with Crippen molar-refractivity contribution in [3.8, 4) is 5.75 Å². The van der Waals surface area contributed by atoms with Gasteiger partial charge >= 0.3 is 0 Å². The first-order valence-electron chi connectivity index (χ1n) is 8.45. The van der Waals surface area contributed by atoms with Crippen molar-refractivity contribution >= 4 is 11.6 Å². The summed E-state index contributed by atoms with van der Waals surface area (Å²) >= 11 is 0. The third-order valence-corrected chi connectivity index (χ3v) is 4.09. The van der Waals surface area contributed by atoms with Crippen LogP contribution < -0.4 is 4.74 Å². The molecule has 0 saturated carbocycles. The van der Waals surface area contributed by atoms with Gasteiger partial charge in [-0.15, -0.1) is 0 Å². The number of hydrogen-bond acceptors (Lipinski definition) is 3. The van der Waals surface area contributed by atoms with E-state index in [0.29, 0.717) is 25.9 Å². The second-order valence-corrected chi connectivity index (χ2v) is 5.81. The van der Waals surface area contributed by atoms with Crippen LogP contribution in [0.3, 0.4) is 0 Å². The smallest absolute Gasteiger partial charge is 0.143 e. The van der Waals surface area contributed by atoms with E-state index in [1.807, 2.05) is 54.6 Å². The van der Waals surface area contributed by atoms with Gasteiger partial charge in [0.25, 0.3) is 0 Å². The molecule has 0 aliphatic rings. The highest BCUT2D eigenvalue weighted by atomic mass is 16.5. The number of Topliss-reactive ketones (excluding diaryl/α,β-unsaturated/α-hetero) is 2.